The average molecular weight is 291 g/mol. The van der Waals surface area contributed by atoms with Gasteiger partial charge in [-0.1, -0.05) is 25.1 Å². The summed E-state index contributed by atoms with van der Waals surface area (Å²) in [6.07, 6.45) is 1.27. The lowest BCUT2D eigenvalue weighted by Gasteiger charge is -2.13. The van der Waals surface area contributed by atoms with E-state index >= 15 is 0 Å². The van der Waals surface area contributed by atoms with Crippen molar-refractivity contribution in [1.82, 2.24) is 0 Å². The van der Waals surface area contributed by atoms with E-state index in [0.717, 1.165) is 23.8 Å². The Bertz CT molecular complexity index is 584. The number of ether oxygens (including phenoxy) is 1. The maximum absolute atomic E-state index is 13.6. The summed E-state index contributed by atoms with van der Waals surface area (Å²) in [6, 6.07) is 10.7. The maximum Gasteiger partial charge on any atom is 0.129 e. The number of benzene rings is 2. The molecule has 0 aliphatic rings. The molecule has 0 spiro atoms. The van der Waals surface area contributed by atoms with Gasteiger partial charge < -0.3 is 10.5 Å². The van der Waals surface area contributed by atoms with Gasteiger partial charge in [-0.25, -0.2) is 8.78 Å². The van der Waals surface area contributed by atoms with Crippen LogP contribution in [-0.2, 0) is 6.42 Å². The molecule has 2 aromatic rings. The minimum absolute atomic E-state index is 0.321. The summed E-state index contributed by atoms with van der Waals surface area (Å²) in [4.78, 5) is 0. The van der Waals surface area contributed by atoms with Gasteiger partial charge in [0.05, 0.1) is 6.61 Å². The highest BCUT2D eigenvalue weighted by Crippen LogP contribution is 2.21. The maximum atomic E-state index is 13.6. The molecule has 112 valence electrons. The largest absolute Gasteiger partial charge is 0.494 e. The van der Waals surface area contributed by atoms with E-state index in [2.05, 4.69) is 0 Å². The molecule has 2 nitrogen and oxygen atoms in total. The van der Waals surface area contributed by atoms with Crippen LogP contribution in [0.1, 0.15) is 30.5 Å². The molecular weight excluding hydrogens is 272 g/mol. The molecule has 0 saturated carbocycles. The van der Waals surface area contributed by atoms with Crippen LogP contribution in [0.5, 0.6) is 5.75 Å². The SMILES string of the molecule is CCCOc1ccc(C(N)Cc2ccc(F)cc2F)cc1. The zero-order chi connectivity index (χ0) is 15.2. The quantitative estimate of drug-likeness (QED) is 0.873. The van der Waals surface area contributed by atoms with Crippen LogP contribution in [0.2, 0.25) is 0 Å². The second-order valence-corrected chi connectivity index (χ2v) is 4.96. The Morgan fingerprint density at radius 1 is 1.10 bits per heavy atom. The number of halogens is 2. The minimum Gasteiger partial charge on any atom is -0.494 e. The van der Waals surface area contributed by atoms with Gasteiger partial charge in [-0.2, -0.15) is 0 Å². The Hall–Kier alpha value is -1.94. The molecule has 0 heterocycles. The van der Waals surface area contributed by atoms with Gasteiger partial charge in [0.25, 0.3) is 0 Å². The molecule has 0 aliphatic carbocycles. The molecule has 0 aliphatic heterocycles. The van der Waals surface area contributed by atoms with Gasteiger partial charge in [0.2, 0.25) is 0 Å². The fourth-order valence-electron chi connectivity index (χ4n) is 2.07. The molecular formula is C17H19F2NO. The number of hydrogen-bond acceptors (Lipinski definition) is 2. The van der Waals surface area contributed by atoms with Gasteiger partial charge in [-0.05, 0) is 42.2 Å². The lowest BCUT2D eigenvalue weighted by molar-refractivity contribution is 0.317. The second-order valence-electron chi connectivity index (χ2n) is 4.96. The first-order chi connectivity index (χ1) is 10.1. The summed E-state index contributed by atoms with van der Waals surface area (Å²) in [6.45, 7) is 2.72. The topological polar surface area (TPSA) is 35.2 Å². The van der Waals surface area contributed by atoms with Crippen molar-refractivity contribution in [2.75, 3.05) is 6.61 Å². The van der Waals surface area contributed by atoms with E-state index in [1.165, 1.54) is 12.1 Å². The zero-order valence-corrected chi connectivity index (χ0v) is 12.0. The third-order valence-corrected chi connectivity index (χ3v) is 3.24. The molecule has 2 rings (SSSR count). The molecule has 21 heavy (non-hydrogen) atoms. The van der Waals surface area contributed by atoms with E-state index < -0.39 is 11.6 Å². The van der Waals surface area contributed by atoms with E-state index in [9.17, 15) is 8.78 Å². The molecule has 1 unspecified atom stereocenters. The molecule has 2 N–H and O–H groups in total. The molecule has 0 aromatic heterocycles. The second kappa shape index (κ2) is 7.18. The monoisotopic (exact) mass is 291 g/mol. The first-order valence-electron chi connectivity index (χ1n) is 7.02. The Labute approximate surface area is 123 Å². The summed E-state index contributed by atoms with van der Waals surface area (Å²) in [5.41, 5.74) is 7.39. The van der Waals surface area contributed by atoms with Crippen molar-refractivity contribution in [3.63, 3.8) is 0 Å². The van der Waals surface area contributed by atoms with Crippen LogP contribution in [0.3, 0.4) is 0 Å². The van der Waals surface area contributed by atoms with Gasteiger partial charge in [-0.15, -0.1) is 0 Å². The van der Waals surface area contributed by atoms with Crippen molar-refractivity contribution in [3.05, 3.63) is 65.2 Å². The van der Waals surface area contributed by atoms with Crippen LogP contribution in [0.25, 0.3) is 0 Å². The van der Waals surface area contributed by atoms with Gasteiger partial charge >= 0.3 is 0 Å². The van der Waals surface area contributed by atoms with Crippen molar-refractivity contribution in [1.29, 1.82) is 0 Å². The fourth-order valence-corrected chi connectivity index (χ4v) is 2.07. The Morgan fingerprint density at radius 3 is 2.43 bits per heavy atom. The predicted molar refractivity (Wildman–Crippen MR) is 79.2 cm³/mol. The number of rotatable bonds is 6. The first kappa shape index (κ1) is 15.4. The van der Waals surface area contributed by atoms with E-state index in [1.54, 1.807) is 0 Å². The van der Waals surface area contributed by atoms with Gasteiger partial charge in [0.1, 0.15) is 17.4 Å². The van der Waals surface area contributed by atoms with E-state index in [4.69, 9.17) is 10.5 Å². The third kappa shape index (κ3) is 4.26. The first-order valence-corrected chi connectivity index (χ1v) is 7.02. The Kier molecular flexibility index (Phi) is 5.28. The summed E-state index contributed by atoms with van der Waals surface area (Å²) in [5.74, 6) is -0.351. The lowest BCUT2D eigenvalue weighted by atomic mass is 9.99. The summed E-state index contributed by atoms with van der Waals surface area (Å²) >= 11 is 0. The molecule has 4 heteroatoms. The number of hydrogen-bond donors (Lipinski definition) is 1. The predicted octanol–water partition coefficient (Wildman–Crippen LogP) is 4.00. The van der Waals surface area contributed by atoms with Crippen molar-refractivity contribution < 1.29 is 13.5 Å². The van der Waals surface area contributed by atoms with Crippen LogP contribution in [-0.4, -0.2) is 6.61 Å². The molecule has 0 fully saturated rings. The molecule has 0 radical (unpaired) electrons. The molecule has 0 bridgehead atoms. The molecule has 0 amide bonds. The van der Waals surface area contributed by atoms with Crippen LogP contribution < -0.4 is 10.5 Å². The Morgan fingerprint density at radius 2 is 1.81 bits per heavy atom. The summed E-state index contributed by atoms with van der Waals surface area (Å²) < 4.78 is 32.0. The van der Waals surface area contributed by atoms with Crippen LogP contribution >= 0.6 is 0 Å². The molecule has 0 saturated heterocycles. The van der Waals surface area contributed by atoms with Crippen molar-refractivity contribution in [2.45, 2.75) is 25.8 Å². The third-order valence-electron chi connectivity index (χ3n) is 3.24. The van der Waals surface area contributed by atoms with Gasteiger partial charge in [-0.3, -0.25) is 0 Å². The van der Waals surface area contributed by atoms with Crippen LogP contribution in [0.4, 0.5) is 8.78 Å². The van der Waals surface area contributed by atoms with Crippen molar-refractivity contribution >= 4 is 0 Å². The smallest absolute Gasteiger partial charge is 0.129 e. The van der Waals surface area contributed by atoms with E-state index in [1.807, 2.05) is 31.2 Å². The minimum atomic E-state index is -0.581. The van der Waals surface area contributed by atoms with Crippen molar-refractivity contribution in [2.24, 2.45) is 5.73 Å². The lowest BCUT2D eigenvalue weighted by Crippen LogP contribution is -2.14. The Balaban J connectivity index is 2.04. The molecule has 1 atom stereocenters. The average Bonchev–Trinajstić information content (AvgIpc) is 2.48. The molecule has 2 aromatic carbocycles. The fraction of sp³-hybridized carbons (Fsp3) is 0.294. The highest BCUT2D eigenvalue weighted by atomic mass is 19.1. The van der Waals surface area contributed by atoms with Crippen LogP contribution in [0.15, 0.2) is 42.5 Å². The number of nitrogens with two attached hydrogens (primary N) is 1. The highest BCUT2D eigenvalue weighted by Gasteiger charge is 2.11. The van der Waals surface area contributed by atoms with E-state index in [-0.39, 0.29) is 6.04 Å². The van der Waals surface area contributed by atoms with Crippen molar-refractivity contribution in [3.8, 4) is 5.75 Å². The van der Waals surface area contributed by atoms with Gasteiger partial charge in [0, 0.05) is 12.1 Å². The zero-order valence-electron chi connectivity index (χ0n) is 12.0. The standard InChI is InChI=1S/C17H19F2NO/c1-2-9-21-15-7-4-12(5-8-15)17(20)10-13-3-6-14(18)11-16(13)19/h3-8,11,17H,2,9-10,20H2,1H3. The van der Waals surface area contributed by atoms with Gasteiger partial charge in [0.15, 0.2) is 0 Å². The summed E-state index contributed by atoms with van der Waals surface area (Å²) in [7, 11) is 0. The van der Waals surface area contributed by atoms with E-state index in [0.29, 0.717) is 18.6 Å². The summed E-state index contributed by atoms with van der Waals surface area (Å²) in [5, 5.41) is 0. The highest BCUT2D eigenvalue weighted by molar-refractivity contribution is 5.30. The van der Waals surface area contributed by atoms with Crippen LogP contribution in [0, 0.1) is 11.6 Å². The normalized spacial score (nSPS) is 12.2.